The molecule has 3 rings (SSSR count). The molecule has 27 heavy (non-hydrogen) atoms. The fourth-order valence-corrected chi connectivity index (χ4v) is 3.01. The molecule has 2 heterocycles. The largest absolute Gasteiger partial charge is 0.493 e. The second-order valence-corrected chi connectivity index (χ2v) is 6.07. The zero-order valence-electron chi connectivity index (χ0n) is 14.8. The Bertz CT molecular complexity index is 776. The van der Waals surface area contributed by atoms with Gasteiger partial charge >= 0.3 is 6.61 Å². The number of benzene rings is 1. The van der Waals surface area contributed by atoms with Crippen LogP contribution in [-0.4, -0.2) is 42.7 Å². The first-order valence-electron chi connectivity index (χ1n) is 8.52. The Morgan fingerprint density at radius 3 is 2.78 bits per heavy atom. The predicted octanol–water partition coefficient (Wildman–Crippen LogP) is 2.94. The Balaban J connectivity index is 1.67. The fraction of sp³-hybridized carbons (Fsp3) is 0.389. The van der Waals surface area contributed by atoms with E-state index in [0.29, 0.717) is 18.2 Å². The Labute approximate surface area is 155 Å². The summed E-state index contributed by atoms with van der Waals surface area (Å²) < 4.78 is 34.5. The van der Waals surface area contributed by atoms with Gasteiger partial charge in [-0.1, -0.05) is 0 Å². The van der Waals surface area contributed by atoms with Crippen LogP contribution in [0, 0.1) is 5.92 Å². The predicted molar refractivity (Wildman–Crippen MR) is 95.2 cm³/mol. The highest BCUT2D eigenvalue weighted by atomic mass is 19.3. The number of nitrogens with zero attached hydrogens (tertiary/aromatic N) is 3. The number of carbonyl (C=O) groups excluding carboxylic acids is 1. The maximum absolute atomic E-state index is 12.6. The number of aromatic nitrogens is 2. The Hall–Kier alpha value is -2.97. The van der Waals surface area contributed by atoms with E-state index >= 15 is 0 Å². The minimum atomic E-state index is -2.98. The summed E-state index contributed by atoms with van der Waals surface area (Å²) in [6.07, 6.45) is 4.88. The van der Waals surface area contributed by atoms with Gasteiger partial charge in [-0.05, 0) is 31.0 Å². The van der Waals surface area contributed by atoms with Crippen molar-refractivity contribution in [2.45, 2.75) is 19.5 Å². The molecule has 0 radical (unpaired) electrons. The highest BCUT2D eigenvalue weighted by Gasteiger charge is 2.27. The van der Waals surface area contributed by atoms with Gasteiger partial charge in [0.05, 0.1) is 13.0 Å². The lowest BCUT2D eigenvalue weighted by Crippen LogP contribution is -2.41. The number of alkyl halides is 2. The van der Waals surface area contributed by atoms with Crippen LogP contribution >= 0.6 is 0 Å². The number of hydrogen-bond acceptors (Lipinski definition) is 6. The van der Waals surface area contributed by atoms with E-state index in [-0.39, 0.29) is 23.3 Å². The summed E-state index contributed by atoms with van der Waals surface area (Å²) >= 11 is 0. The summed E-state index contributed by atoms with van der Waals surface area (Å²) in [6, 6.07) is 6.11. The van der Waals surface area contributed by atoms with Gasteiger partial charge in [0.25, 0.3) is 0 Å². The molecule has 144 valence electrons. The third kappa shape index (κ3) is 4.81. The second kappa shape index (κ2) is 8.61. The SMILES string of the molecule is COc1ccc(NC(=O)C2CCCN(c3ncccn3)C2)cc1OC(F)F. The second-order valence-electron chi connectivity index (χ2n) is 6.07. The van der Waals surface area contributed by atoms with Crippen LogP contribution in [0.15, 0.2) is 36.7 Å². The summed E-state index contributed by atoms with van der Waals surface area (Å²) in [4.78, 5) is 23.0. The number of carbonyl (C=O) groups is 1. The molecule has 1 aliphatic heterocycles. The van der Waals surface area contributed by atoms with Crippen molar-refractivity contribution in [3.8, 4) is 11.5 Å². The van der Waals surface area contributed by atoms with E-state index in [1.807, 2.05) is 4.90 Å². The van der Waals surface area contributed by atoms with E-state index in [1.54, 1.807) is 24.5 Å². The first-order valence-corrected chi connectivity index (χ1v) is 8.52. The Morgan fingerprint density at radius 2 is 2.07 bits per heavy atom. The number of anilines is 2. The third-order valence-corrected chi connectivity index (χ3v) is 4.27. The Kier molecular flexibility index (Phi) is 6.00. The van der Waals surface area contributed by atoms with E-state index in [4.69, 9.17) is 4.74 Å². The summed E-state index contributed by atoms with van der Waals surface area (Å²) in [6.45, 7) is -1.71. The van der Waals surface area contributed by atoms with E-state index in [1.165, 1.54) is 19.2 Å². The lowest BCUT2D eigenvalue weighted by atomic mass is 9.97. The van der Waals surface area contributed by atoms with Crippen molar-refractivity contribution < 1.29 is 23.0 Å². The maximum Gasteiger partial charge on any atom is 0.387 e. The van der Waals surface area contributed by atoms with Crippen LogP contribution in [-0.2, 0) is 4.79 Å². The molecule has 1 aromatic heterocycles. The number of nitrogens with one attached hydrogen (secondary N) is 1. The molecule has 2 aromatic rings. The van der Waals surface area contributed by atoms with Crippen molar-refractivity contribution in [2.75, 3.05) is 30.4 Å². The van der Waals surface area contributed by atoms with E-state index in [0.717, 1.165) is 19.4 Å². The molecule has 1 atom stereocenters. The monoisotopic (exact) mass is 378 g/mol. The van der Waals surface area contributed by atoms with Gasteiger partial charge in [-0.25, -0.2) is 9.97 Å². The van der Waals surface area contributed by atoms with Gasteiger partial charge in [-0.2, -0.15) is 8.78 Å². The number of methoxy groups -OCH3 is 1. The molecule has 1 aliphatic rings. The number of hydrogen-bond donors (Lipinski definition) is 1. The number of halogens is 2. The number of piperidine rings is 1. The zero-order valence-corrected chi connectivity index (χ0v) is 14.8. The average molecular weight is 378 g/mol. The molecule has 9 heteroatoms. The van der Waals surface area contributed by atoms with Crippen molar-refractivity contribution >= 4 is 17.5 Å². The highest BCUT2D eigenvalue weighted by molar-refractivity contribution is 5.93. The summed E-state index contributed by atoms with van der Waals surface area (Å²) in [5.41, 5.74) is 0.365. The normalized spacial score (nSPS) is 16.9. The van der Waals surface area contributed by atoms with E-state index in [9.17, 15) is 13.6 Å². The molecule has 1 N–H and O–H groups in total. The molecule has 1 saturated heterocycles. The Morgan fingerprint density at radius 1 is 1.30 bits per heavy atom. The topological polar surface area (TPSA) is 76.6 Å². The molecule has 0 aliphatic carbocycles. The van der Waals surface area contributed by atoms with Crippen molar-refractivity contribution in [3.05, 3.63) is 36.7 Å². The molecular formula is C18H20F2N4O3. The number of rotatable bonds is 6. The van der Waals surface area contributed by atoms with E-state index in [2.05, 4.69) is 20.0 Å². The van der Waals surface area contributed by atoms with Gasteiger partial charge in [-0.15, -0.1) is 0 Å². The van der Waals surface area contributed by atoms with Crippen molar-refractivity contribution in [2.24, 2.45) is 5.92 Å². The molecule has 1 amide bonds. The van der Waals surface area contributed by atoms with Crippen molar-refractivity contribution in [1.82, 2.24) is 9.97 Å². The summed E-state index contributed by atoms with van der Waals surface area (Å²) in [5, 5.41) is 2.76. The zero-order chi connectivity index (χ0) is 19.2. The summed E-state index contributed by atoms with van der Waals surface area (Å²) in [5.74, 6) is 0.173. The van der Waals surface area contributed by atoms with Crippen LogP contribution in [0.4, 0.5) is 20.4 Å². The minimum absolute atomic E-state index is 0.131. The van der Waals surface area contributed by atoms with Gasteiger partial charge in [-0.3, -0.25) is 4.79 Å². The van der Waals surface area contributed by atoms with E-state index < -0.39 is 6.61 Å². The lowest BCUT2D eigenvalue weighted by molar-refractivity contribution is -0.120. The molecule has 1 fully saturated rings. The molecule has 1 unspecified atom stereocenters. The van der Waals surface area contributed by atoms with Gasteiger partial charge in [0.1, 0.15) is 0 Å². The molecule has 1 aromatic carbocycles. The van der Waals surface area contributed by atoms with Gasteiger partial charge in [0, 0.05) is 37.2 Å². The third-order valence-electron chi connectivity index (χ3n) is 4.27. The van der Waals surface area contributed by atoms with Crippen LogP contribution in [0.1, 0.15) is 12.8 Å². The average Bonchev–Trinajstić information content (AvgIpc) is 2.68. The van der Waals surface area contributed by atoms with Crippen LogP contribution in [0.2, 0.25) is 0 Å². The highest BCUT2D eigenvalue weighted by Crippen LogP contribution is 2.32. The first kappa shape index (κ1) is 18.8. The smallest absolute Gasteiger partial charge is 0.387 e. The number of amides is 1. The molecule has 0 bridgehead atoms. The standard InChI is InChI=1S/C18H20F2N4O3/c1-26-14-6-5-13(10-15(14)27-17(19)20)23-16(25)12-4-2-9-24(11-12)18-21-7-3-8-22-18/h3,5-8,10,12,17H,2,4,9,11H2,1H3,(H,23,25). The first-order chi connectivity index (χ1) is 13.1. The molecule has 0 spiro atoms. The van der Waals surface area contributed by atoms with Gasteiger partial charge in [0.2, 0.25) is 11.9 Å². The van der Waals surface area contributed by atoms with Crippen molar-refractivity contribution in [3.63, 3.8) is 0 Å². The van der Waals surface area contributed by atoms with Crippen LogP contribution in [0.25, 0.3) is 0 Å². The van der Waals surface area contributed by atoms with Gasteiger partial charge < -0.3 is 19.7 Å². The lowest BCUT2D eigenvalue weighted by Gasteiger charge is -2.31. The van der Waals surface area contributed by atoms with Crippen LogP contribution in [0.5, 0.6) is 11.5 Å². The van der Waals surface area contributed by atoms with Gasteiger partial charge in [0.15, 0.2) is 11.5 Å². The van der Waals surface area contributed by atoms with Crippen molar-refractivity contribution in [1.29, 1.82) is 0 Å². The number of ether oxygens (including phenoxy) is 2. The van der Waals surface area contributed by atoms with Crippen LogP contribution < -0.4 is 19.7 Å². The minimum Gasteiger partial charge on any atom is -0.493 e. The fourth-order valence-electron chi connectivity index (χ4n) is 3.01. The summed E-state index contributed by atoms with van der Waals surface area (Å²) in [7, 11) is 1.36. The molecule has 7 nitrogen and oxygen atoms in total. The molecular weight excluding hydrogens is 358 g/mol. The molecule has 0 saturated carbocycles. The quantitative estimate of drug-likeness (QED) is 0.833. The van der Waals surface area contributed by atoms with Crippen LogP contribution in [0.3, 0.4) is 0 Å². The maximum atomic E-state index is 12.6.